The van der Waals surface area contributed by atoms with Crippen LogP contribution in [0.3, 0.4) is 0 Å². The van der Waals surface area contributed by atoms with Crippen LogP contribution in [0.15, 0.2) is 23.8 Å². The van der Waals surface area contributed by atoms with Crippen LogP contribution in [0.25, 0.3) is 6.08 Å². The Hall–Kier alpha value is -2.20. The summed E-state index contributed by atoms with van der Waals surface area (Å²) in [5, 5.41) is 0. The van der Waals surface area contributed by atoms with Gasteiger partial charge in [0.05, 0.1) is 25.5 Å². The molecule has 1 saturated heterocycles. The van der Waals surface area contributed by atoms with Crippen LogP contribution in [0, 0.1) is 0 Å². The summed E-state index contributed by atoms with van der Waals surface area (Å²) in [7, 11) is -1.83. The minimum absolute atomic E-state index is 0.0475. The Balaban J connectivity index is 1.81. The van der Waals surface area contributed by atoms with Crippen LogP contribution < -0.4 is 9.47 Å². The van der Waals surface area contributed by atoms with Crippen molar-refractivity contribution in [2.24, 2.45) is 0 Å². The number of carbonyl (C=O) groups is 1. The average molecular weight is 430 g/mol. The number of alkyl halides is 2. The van der Waals surface area contributed by atoms with Crippen molar-refractivity contribution in [3.05, 3.63) is 29.3 Å². The van der Waals surface area contributed by atoms with E-state index in [0.717, 1.165) is 11.2 Å². The van der Waals surface area contributed by atoms with Gasteiger partial charge in [-0.05, 0) is 25.0 Å². The van der Waals surface area contributed by atoms with Crippen molar-refractivity contribution in [1.29, 1.82) is 0 Å². The van der Waals surface area contributed by atoms with Gasteiger partial charge in [-0.3, -0.25) is 4.79 Å². The number of piperidine rings is 1. The highest BCUT2D eigenvalue weighted by atomic mass is 32.2. The smallest absolute Gasteiger partial charge is 0.255 e. The molecule has 0 atom stereocenters. The summed E-state index contributed by atoms with van der Waals surface area (Å²) < 4.78 is 62.0. The second-order valence-electron chi connectivity index (χ2n) is 7.08. The second kappa shape index (κ2) is 8.66. The van der Waals surface area contributed by atoms with Gasteiger partial charge in [-0.2, -0.15) is 0 Å². The van der Waals surface area contributed by atoms with E-state index in [1.54, 1.807) is 24.3 Å². The number of amides is 1. The van der Waals surface area contributed by atoms with Gasteiger partial charge in [0, 0.05) is 24.7 Å². The van der Waals surface area contributed by atoms with Gasteiger partial charge in [0.2, 0.25) is 10.0 Å². The number of ether oxygens (including phenoxy) is 2. The van der Waals surface area contributed by atoms with Crippen LogP contribution in [0.5, 0.6) is 11.5 Å². The lowest BCUT2D eigenvalue weighted by Crippen LogP contribution is -2.50. The summed E-state index contributed by atoms with van der Waals surface area (Å²) in [6, 6.07) is 4.79. The molecule has 0 aromatic heterocycles. The van der Waals surface area contributed by atoms with Gasteiger partial charge in [-0.25, -0.2) is 21.5 Å². The van der Waals surface area contributed by atoms with E-state index >= 15 is 0 Å². The maximum Gasteiger partial charge on any atom is 0.255 e. The van der Waals surface area contributed by atoms with E-state index in [9.17, 15) is 22.0 Å². The fourth-order valence-corrected chi connectivity index (χ4v) is 4.55. The van der Waals surface area contributed by atoms with Crippen molar-refractivity contribution in [1.82, 2.24) is 9.21 Å². The molecule has 2 aliphatic heterocycles. The molecule has 0 unspecified atom stereocenters. The van der Waals surface area contributed by atoms with Gasteiger partial charge in [0.25, 0.3) is 12.3 Å². The third-order valence-corrected chi connectivity index (χ3v) is 6.44. The van der Waals surface area contributed by atoms with Crippen molar-refractivity contribution < 1.29 is 31.5 Å². The highest BCUT2D eigenvalue weighted by Crippen LogP contribution is 2.36. The molecular weight excluding hydrogens is 406 g/mol. The molecule has 29 heavy (non-hydrogen) atoms. The number of para-hydroxylation sites is 1. The summed E-state index contributed by atoms with van der Waals surface area (Å²) in [4.78, 5) is 14.2. The molecule has 1 amide bonds. The van der Waals surface area contributed by atoms with Crippen LogP contribution in [0.2, 0.25) is 0 Å². The van der Waals surface area contributed by atoms with E-state index in [1.807, 2.05) is 0 Å². The number of benzene rings is 1. The molecule has 2 heterocycles. The van der Waals surface area contributed by atoms with Crippen molar-refractivity contribution in [3.63, 3.8) is 0 Å². The van der Waals surface area contributed by atoms with Crippen LogP contribution in [0.4, 0.5) is 8.78 Å². The van der Waals surface area contributed by atoms with Crippen LogP contribution in [-0.4, -0.2) is 75.6 Å². The first kappa shape index (κ1) is 21.5. The van der Waals surface area contributed by atoms with Gasteiger partial charge in [0.15, 0.2) is 11.5 Å². The minimum Gasteiger partial charge on any atom is -0.493 e. The number of sulfonamides is 1. The molecule has 1 aromatic rings. The molecular formula is C19H24F2N2O5S. The quantitative estimate of drug-likeness (QED) is 0.690. The van der Waals surface area contributed by atoms with Crippen LogP contribution in [-0.2, 0) is 14.8 Å². The Morgan fingerprint density at radius 2 is 2.03 bits per heavy atom. The van der Waals surface area contributed by atoms with Crippen LogP contribution in [0.1, 0.15) is 18.4 Å². The summed E-state index contributed by atoms with van der Waals surface area (Å²) in [5.41, 5.74) is 0.916. The first-order valence-corrected chi connectivity index (χ1v) is 11.1. The van der Waals surface area contributed by atoms with Gasteiger partial charge in [-0.1, -0.05) is 12.1 Å². The molecule has 0 saturated carbocycles. The number of nitrogens with zero attached hydrogens (tertiary/aromatic N) is 2. The van der Waals surface area contributed by atoms with Gasteiger partial charge in [0.1, 0.15) is 6.61 Å². The number of methoxy groups -OCH3 is 1. The topological polar surface area (TPSA) is 76.2 Å². The van der Waals surface area contributed by atoms with E-state index in [4.69, 9.17) is 9.47 Å². The van der Waals surface area contributed by atoms with Crippen molar-refractivity contribution in [2.45, 2.75) is 25.3 Å². The first-order valence-electron chi connectivity index (χ1n) is 9.25. The molecule has 10 heteroatoms. The lowest BCUT2D eigenvalue weighted by molar-refractivity contribution is -0.132. The van der Waals surface area contributed by atoms with E-state index < -0.39 is 34.9 Å². The summed E-state index contributed by atoms with van der Waals surface area (Å²) in [6.07, 6.45) is 0.678. The number of carbonyl (C=O) groups excluding carboxylic acids is 1. The number of halogens is 2. The monoisotopic (exact) mass is 430 g/mol. The summed E-state index contributed by atoms with van der Waals surface area (Å²) in [5.74, 6) is 0.521. The normalized spacial score (nSPS) is 18.0. The molecule has 1 aromatic carbocycles. The Labute approximate surface area is 168 Å². The highest BCUT2D eigenvalue weighted by Gasteiger charge is 2.34. The Morgan fingerprint density at radius 3 is 2.62 bits per heavy atom. The zero-order chi connectivity index (χ0) is 21.2. The van der Waals surface area contributed by atoms with E-state index in [1.165, 1.54) is 11.4 Å². The molecule has 3 rings (SSSR count). The maximum absolute atomic E-state index is 13.2. The zero-order valence-corrected chi connectivity index (χ0v) is 17.1. The molecule has 0 bridgehead atoms. The predicted molar refractivity (Wildman–Crippen MR) is 104 cm³/mol. The fourth-order valence-electron chi connectivity index (χ4n) is 3.68. The number of fused-ring (bicyclic) bond motifs is 1. The third kappa shape index (κ3) is 4.87. The molecule has 0 spiro atoms. The van der Waals surface area contributed by atoms with E-state index in [0.29, 0.717) is 29.9 Å². The Morgan fingerprint density at radius 1 is 1.34 bits per heavy atom. The molecule has 0 aliphatic carbocycles. The minimum atomic E-state index is -3.34. The first-order chi connectivity index (χ1) is 13.7. The zero-order valence-electron chi connectivity index (χ0n) is 16.3. The van der Waals surface area contributed by atoms with Crippen molar-refractivity contribution >= 4 is 22.0 Å². The second-order valence-corrected chi connectivity index (χ2v) is 9.06. The molecule has 160 valence electrons. The predicted octanol–water partition coefficient (Wildman–Crippen LogP) is 1.99. The Bertz CT molecular complexity index is 896. The largest absolute Gasteiger partial charge is 0.493 e. The summed E-state index contributed by atoms with van der Waals surface area (Å²) >= 11 is 0. The summed E-state index contributed by atoms with van der Waals surface area (Å²) in [6.45, 7) is -0.350. The molecule has 0 radical (unpaired) electrons. The third-order valence-electron chi connectivity index (χ3n) is 5.13. The van der Waals surface area contributed by atoms with E-state index in [-0.39, 0.29) is 25.3 Å². The fraction of sp³-hybridized carbons (Fsp3) is 0.526. The highest BCUT2D eigenvalue weighted by molar-refractivity contribution is 7.88. The standard InChI is InChI=1S/C19H24F2N2O5S/c1-27-16-5-3-4-13-10-14(12-28-18(13)16)19(24)23(11-17(20)21)15-6-8-22(9-7-15)29(2,25)26/h3-5,10,15,17H,6-9,11-12H2,1-2H3. The molecule has 0 N–H and O–H groups in total. The molecule has 1 fully saturated rings. The molecule has 7 nitrogen and oxygen atoms in total. The van der Waals surface area contributed by atoms with Crippen molar-refractivity contribution in [3.8, 4) is 11.5 Å². The maximum atomic E-state index is 13.2. The van der Waals surface area contributed by atoms with Crippen molar-refractivity contribution in [2.75, 3.05) is 39.6 Å². The molecule has 2 aliphatic rings. The lowest BCUT2D eigenvalue weighted by Gasteiger charge is -2.38. The SMILES string of the molecule is COc1cccc2c1OCC(C(=O)N(CC(F)F)C1CCN(S(C)(=O)=O)CC1)=C2. The lowest BCUT2D eigenvalue weighted by atomic mass is 10.0. The number of hydrogen-bond acceptors (Lipinski definition) is 5. The number of rotatable bonds is 6. The Kier molecular flexibility index (Phi) is 6.42. The number of hydrogen-bond donors (Lipinski definition) is 0. The van der Waals surface area contributed by atoms with Gasteiger partial charge in [-0.15, -0.1) is 0 Å². The van der Waals surface area contributed by atoms with Crippen LogP contribution >= 0.6 is 0 Å². The van der Waals surface area contributed by atoms with Gasteiger partial charge < -0.3 is 14.4 Å². The average Bonchev–Trinajstić information content (AvgIpc) is 2.70. The van der Waals surface area contributed by atoms with E-state index in [2.05, 4.69) is 0 Å². The van der Waals surface area contributed by atoms with Gasteiger partial charge >= 0.3 is 0 Å².